The zero-order chi connectivity index (χ0) is 13.7. The van der Waals surface area contributed by atoms with E-state index in [1.54, 1.807) is 6.92 Å². The van der Waals surface area contributed by atoms with Crippen molar-refractivity contribution in [2.24, 2.45) is 0 Å². The first-order chi connectivity index (χ1) is 8.51. The van der Waals surface area contributed by atoms with Gasteiger partial charge in [0.1, 0.15) is 11.8 Å². The average Bonchev–Trinajstić information content (AvgIpc) is 2.31. The second-order valence-electron chi connectivity index (χ2n) is 3.28. The van der Waals surface area contributed by atoms with Gasteiger partial charge in [-0.15, -0.1) is 0 Å². The molecule has 0 bridgehead atoms. The molecule has 0 radical (unpaired) electrons. The van der Waals surface area contributed by atoms with Gasteiger partial charge in [-0.05, 0) is 6.92 Å². The SMILES string of the molecule is CCOC(=O)Cc1ncc(C#N)c(C(F)F)c1O. The van der Waals surface area contributed by atoms with Crippen LogP contribution in [0.3, 0.4) is 0 Å². The molecule has 0 amide bonds. The number of aromatic nitrogens is 1. The molecule has 1 aromatic rings. The van der Waals surface area contributed by atoms with Gasteiger partial charge in [-0.2, -0.15) is 5.26 Å². The van der Waals surface area contributed by atoms with Crippen LogP contribution in [0.1, 0.15) is 30.2 Å². The maximum Gasteiger partial charge on any atom is 0.312 e. The molecule has 96 valence electrons. The summed E-state index contributed by atoms with van der Waals surface area (Å²) in [4.78, 5) is 14.8. The molecule has 0 saturated heterocycles. The van der Waals surface area contributed by atoms with Gasteiger partial charge < -0.3 is 9.84 Å². The fourth-order valence-electron chi connectivity index (χ4n) is 1.34. The first kappa shape index (κ1) is 13.8. The van der Waals surface area contributed by atoms with Gasteiger partial charge in [0.2, 0.25) is 0 Å². The number of pyridine rings is 1. The van der Waals surface area contributed by atoms with E-state index in [0.717, 1.165) is 6.20 Å². The lowest BCUT2D eigenvalue weighted by Gasteiger charge is -2.09. The molecule has 0 unspecified atom stereocenters. The minimum absolute atomic E-state index is 0.136. The number of aromatic hydroxyl groups is 1. The molecule has 0 aliphatic rings. The summed E-state index contributed by atoms with van der Waals surface area (Å²) in [6.07, 6.45) is -2.55. The average molecular weight is 256 g/mol. The molecule has 7 heteroatoms. The lowest BCUT2D eigenvalue weighted by atomic mass is 10.1. The van der Waals surface area contributed by atoms with Crippen LogP contribution in [0.5, 0.6) is 5.75 Å². The third-order valence-electron chi connectivity index (χ3n) is 2.12. The fourth-order valence-corrected chi connectivity index (χ4v) is 1.34. The largest absolute Gasteiger partial charge is 0.505 e. The van der Waals surface area contributed by atoms with Crippen molar-refractivity contribution < 1.29 is 23.4 Å². The molecule has 1 rings (SSSR count). The predicted octanol–water partition coefficient (Wildman–Crippen LogP) is 1.70. The summed E-state index contributed by atoms with van der Waals surface area (Å²) < 4.78 is 30.0. The highest BCUT2D eigenvalue weighted by Crippen LogP contribution is 2.33. The Kier molecular flexibility index (Phi) is 4.54. The van der Waals surface area contributed by atoms with Crippen molar-refractivity contribution in [1.29, 1.82) is 5.26 Å². The highest BCUT2D eigenvalue weighted by atomic mass is 19.3. The van der Waals surface area contributed by atoms with Crippen LogP contribution in [-0.4, -0.2) is 22.7 Å². The molecule has 0 aliphatic heterocycles. The minimum atomic E-state index is -3.02. The third-order valence-corrected chi connectivity index (χ3v) is 2.12. The van der Waals surface area contributed by atoms with Gasteiger partial charge in [0.15, 0.2) is 0 Å². The molecule has 0 fully saturated rings. The van der Waals surface area contributed by atoms with Gasteiger partial charge in [0.25, 0.3) is 6.43 Å². The van der Waals surface area contributed by atoms with Crippen LogP contribution in [0.15, 0.2) is 6.20 Å². The van der Waals surface area contributed by atoms with E-state index in [0.29, 0.717) is 0 Å². The Bertz CT molecular complexity index is 498. The van der Waals surface area contributed by atoms with E-state index in [1.807, 2.05) is 0 Å². The van der Waals surface area contributed by atoms with Crippen LogP contribution >= 0.6 is 0 Å². The quantitative estimate of drug-likeness (QED) is 0.829. The maximum absolute atomic E-state index is 12.7. The highest BCUT2D eigenvalue weighted by Gasteiger charge is 2.23. The molecule has 0 spiro atoms. The number of hydrogen-bond acceptors (Lipinski definition) is 5. The van der Waals surface area contributed by atoms with E-state index < -0.39 is 35.7 Å². The number of nitriles is 1. The smallest absolute Gasteiger partial charge is 0.312 e. The Hall–Kier alpha value is -2.23. The van der Waals surface area contributed by atoms with Crippen LogP contribution in [0.4, 0.5) is 8.78 Å². The maximum atomic E-state index is 12.7. The Labute approximate surface area is 102 Å². The fraction of sp³-hybridized carbons (Fsp3) is 0.364. The monoisotopic (exact) mass is 256 g/mol. The Morgan fingerprint density at radius 2 is 2.33 bits per heavy atom. The molecule has 5 nitrogen and oxygen atoms in total. The summed E-state index contributed by atoms with van der Waals surface area (Å²) in [5.74, 6) is -1.53. The van der Waals surface area contributed by atoms with Gasteiger partial charge in [0, 0.05) is 6.20 Å². The second-order valence-corrected chi connectivity index (χ2v) is 3.28. The van der Waals surface area contributed by atoms with Crippen molar-refractivity contribution in [2.45, 2.75) is 19.8 Å². The van der Waals surface area contributed by atoms with Crippen LogP contribution in [0.25, 0.3) is 0 Å². The predicted molar refractivity (Wildman–Crippen MR) is 55.9 cm³/mol. The van der Waals surface area contributed by atoms with Gasteiger partial charge in [-0.3, -0.25) is 9.78 Å². The van der Waals surface area contributed by atoms with E-state index >= 15 is 0 Å². The summed E-state index contributed by atoms with van der Waals surface area (Å²) in [6.45, 7) is 1.73. The number of alkyl halides is 2. The van der Waals surface area contributed by atoms with Crippen LogP contribution in [0, 0.1) is 11.3 Å². The Morgan fingerprint density at radius 1 is 1.67 bits per heavy atom. The zero-order valence-electron chi connectivity index (χ0n) is 9.48. The number of ether oxygens (including phenoxy) is 1. The number of carbonyl (C=O) groups is 1. The van der Waals surface area contributed by atoms with E-state index in [2.05, 4.69) is 9.72 Å². The van der Waals surface area contributed by atoms with E-state index in [-0.39, 0.29) is 12.3 Å². The van der Waals surface area contributed by atoms with E-state index in [9.17, 15) is 18.7 Å². The lowest BCUT2D eigenvalue weighted by Crippen LogP contribution is -2.10. The topological polar surface area (TPSA) is 83.2 Å². The number of hydrogen-bond donors (Lipinski definition) is 1. The number of rotatable bonds is 4. The molecule has 1 aromatic heterocycles. The van der Waals surface area contributed by atoms with Gasteiger partial charge in [0.05, 0.1) is 29.8 Å². The first-order valence-corrected chi connectivity index (χ1v) is 5.05. The molecular formula is C11H10F2N2O3. The van der Waals surface area contributed by atoms with Crippen molar-refractivity contribution in [3.8, 4) is 11.8 Å². The molecule has 0 aliphatic carbocycles. The second kappa shape index (κ2) is 5.91. The molecular weight excluding hydrogens is 246 g/mol. The van der Waals surface area contributed by atoms with Crippen molar-refractivity contribution in [2.75, 3.05) is 6.61 Å². The lowest BCUT2D eigenvalue weighted by molar-refractivity contribution is -0.142. The number of carbonyl (C=O) groups excluding carboxylic acids is 1. The molecule has 0 saturated carbocycles. The number of esters is 1. The first-order valence-electron chi connectivity index (χ1n) is 5.05. The van der Waals surface area contributed by atoms with Crippen LogP contribution < -0.4 is 0 Å². The minimum Gasteiger partial charge on any atom is -0.505 e. The van der Waals surface area contributed by atoms with E-state index in [4.69, 9.17) is 5.26 Å². The van der Waals surface area contributed by atoms with Gasteiger partial charge >= 0.3 is 5.97 Å². The molecule has 0 atom stereocenters. The zero-order valence-corrected chi connectivity index (χ0v) is 9.48. The Morgan fingerprint density at radius 3 is 2.83 bits per heavy atom. The normalized spacial score (nSPS) is 10.2. The Balaban J connectivity index is 3.13. The third kappa shape index (κ3) is 2.91. The van der Waals surface area contributed by atoms with Crippen LogP contribution in [-0.2, 0) is 16.0 Å². The molecule has 18 heavy (non-hydrogen) atoms. The highest BCUT2D eigenvalue weighted by molar-refractivity contribution is 5.73. The summed E-state index contributed by atoms with van der Waals surface area (Å²) in [5, 5.41) is 18.2. The van der Waals surface area contributed by atoms with Crippen molar-refractivity contribution in [3.05, 3.63) is 23.0 Å². The van der Waals surface area contributed by atoms with Gasteiger partial charge in [-0.1, -0.05) is 0 Å². The van der Waals surface area contributed by atoms with Crippen molar-refractivity contribution in [1.82, 2.24) is 4.98 Å². The summed E-state index contributed by atoms with van der Waals surface area (Å²) in [5.41, 5.74) is -1.47. The summed E-state index contributed by atoms with van der Waals surface area (Å²) in [7, 11) is 0. The van der Waals surface area contributed by atoms with Crippen LogP contribution in [0.2, 0.25) is 0 Å². The van der Waals surface area contributed by atoms with Crippen molar-refractivity contribution in [3.63, 3.8) is 0 Å². The summed E-state index contributed by atoms with van der Waals surface area (Å²) in [6, 6.07) is 1.50. The van der Waals surface area contributed by atoms with E-state index in [1.165, 1.54) is 6.07 Å². The number of halogens is 2. The molecule has 1 heterocycles. The van der Waals surface area contributed by atoms with Gasteiger partial charge in [-0.25, -0.2) is 8.78 Å². The number of nitrogens with zero attached hydrogens (tertiary/aromatic N) is 2. The molecule has 1 N–H and O–H groups in total. The standard InChI is InChI=1S/C11H10F2N2O3/c1-2-18-8(16)3-7-10(17)9(11(12)13)6(4-14)5-15-7/h5,11,17H,2-3H2,1H3. The van der Waals surface area contributed by atoms with Crippen molar-refractivity contribution >= 4 is 5.97 Å². The molecule has 0 aromatic carbocycles. The summed E-state index contributed by atoms with van der Waals surface area (Å²) >= 11 is 0.